The van der Waals surface area contributed by atoms with Crippen LogP contribution in [0.5, 0.6) is 0 Å². The molecule has 0 aliphatic carbocycles. The molecule has 27 heavy (non-hydrogen) atoms. The summed E-state index contributed by atoms with van der Waals surface area (Å²) in [6.45, 7) is 4.11. The van der Waals surface area contributed by atoms with Gasteiger partial charge in [0.2, 0.25) is 0 Å². The van der Waals surface area contributed by atoms with E-state index in [-0.39, 0.29) is 11.4 Å². The van der Waals surface area contributed by atoms with Gasteiger partial charge in [0, 0.05) is 10.8 Å². The molecule has 4 aromatic rings. The highest BCUT2D eigenvalue weighted by Crippen LogP contribution is 2.33. The van der Waals surface area contributed by atoms with Crippen molar-refractivity contribution in [2.45, 2.75) is 33.1 Å². The van der Waals surface area contributed by atoms with Gasteiger partial charge in [-0.3, -0.25) is 0 Å². The second-order valence-electron chi connectivity index (χ2n) is 6.87. The van der Waals surface area contributed by atoms with E-state index in [2.05, 4.69) is 37.3 Å². The summed E-state index contributed by atoms with van der Waals surface area (Å²) >= 11 is 5.45. The topological polar surface area (TPSA) is 13.1 Å². The van der Waals surface area contributed by atoms with Gasteiger partial charge in [0.25, 0.3) is 0 Å². The van der Waals surface area contributed by atoms with Crippen molar-refractivity contribution < 1.29 is 8.81 Å². The highest BCUT2D eigenvalue weighted by Gasteiger charge is 2.13. The first-order valence-corrected chi connectivity index (χ1v) is 9.80. The molecule has 0 unspecified atom stereocenters. The van der Waals surface area contributed by atoms with Crippen LogP contribution in [0.15, 0.2) is 59.0 Å². The van der Waals surface area contributed by atoms with Crippen LogP contribution in [-0.2, 0) is 12.8 Å². The lowest BCUT2D eigenvalue weighted by Crippen LogP contribution is -1.91. The molecule has 1 aromatic heterocycles. The maximum absolute atomic E-state index is 14.7. The standard InChI is InChI=1S/C24H21FOS/c1-3-5-15-6-8-17(9-7-15)18-11-12-19-20-13-10-16(4-2)22(25)23(20)26-24(27)21(19)14-18/h6-14H,3-5H2,1-2H3. The molecular formula is C24H21FOS. The van der Waals surface area contributed by atoms with Crippen LogP contribution in [0.1, 0.15) is 31.4 Å². The molecule has 3 aromatic carbocycles. The molecule has 0 radical (unpaired) electrons. The summed E-state index contributed by atoms with van der Waals surface area (Å²) in [6, 6.07) is 18.5. The Bertz CT molecular complexity index is 1190. The van der Waals surface area contributed by atoms with E-state index < -0.39 is 0 Å². The molecule has 0 saturated carbocycles. The fourth-order valence-electron chi connectivity index (χ4n) is 3.61. The Morgan fingerprint density at radius 3 is 2.26 bits per heavy atom. The lowest BCUT2D eigenvalue weighted by molar-refractivity contribution is 0.540. The molecular weight excluding hydrogens is 355 g/mol. The van der Waals surface area contributed by atoms with Crippen molar-refractivity contribution in [3.05, 3.63) is 76.2 Å². The van der Waals surface area contributed by atoms with Crippen LogP contribution in [0, 0.1) is 10.5 Å². The van der Waals surface area contributed by atoms with Gasteiger partial charge in [0.05, 0.1) is 0 Å². The highest BCUT2D eigenvalue weighted by atomic mass is 32.1. The van der Waals surface area contributed by atoms with E-state index in [4.69, 9.17) is 16.6 Å². The Morgan fingerprint density at radius 2 is 1.56 bits per heavy atom. The highest BCUT2D eigenvalue weighted by molar-refractivity contribution is 7.71. The third kappa shape index (κ3) is 3.17. The van der Waals surface area contributed by atoms with Crippen molar-refractivity contribution in [1.29, 1.82) is 0 Å². The van der Waals surface area contributed by atoms with Crippen LogP contribution in [0.3, 0.4) is 0 Å². The van der Waals surface area contributed by atoms with Crippen LogP contribution in [0.25, 0.3) is 32.9 Å². The van der Waals surface area contributed by atoms with Crippen molar-refractivity contribution in [3.8, 4) is 11.1 Å². The summed E-state index contributed by atoms with van der Waals surface area (Å²) in [7, 11) is 0. The summed E-state index contributed by atoms with van der Waals surface area (Å²) in [5.41, 5.74) is 4.46. The van der Waals surface area contributed by atoms with E-state index in [1.54, 1.807) is 0 Å². The number of hydrogen-bond acceptors (Lipinski definition) is 2. The zero-order chi connectivity index (χ0) is 19.0. The Hall–Kier alpha value is -2.52. The number of fused-ring (bicyclic) bond motifs is 3. The minimum atomic E-state index is -0.307. The Balaban J connectivity index is 1.89. The lowest BCUT2D eigenvalue weighted by Gasteiger charge is -2.09. The molecule has 0 fully saturated rings. The van der Waals surface area contributed by atoms with Gasteiger partial charge in [-0.2, -0.15) is 0 Å². The Kier molecular flexibility index (Phi) is 4.79. The molecule has 0 saturated heterocycles. The van der Waals surface area contributed by atoms with Gasteiger partial charge in [-0.15, -0.1) is 0 Å². The molecule has 0 bridgehead atoms. The van der Waals surface area contributed by atoms with Crippen molar-refractivity contribution in [2.24, 2.45) is 0 Å². The second kappa shape index (κ2) is 7.24. The number of aryl methyl sites for hydroxylation is 2. The van der Waals surface area contributed by atoms with E-state index in [1.807, 2.05) is 31.2 Å². The van der Waals surface area contributed by atoms with Crippen LogP contribution in [0.2, 0.25) is 0 Å². The zero-order valence-corrected chi connectivity index (χ0v) is 16.3. The van der Waals surface area contributed by atoms with Gasteiger partial charge in [-0.25, -0.2) is 4.39 Å². The molecule has 4 rings (SSSR count). The quantitative estimate of drug-likeness (QED) is 0.268. The van der Waals surface area contributed by atoms with Crippen LogP contribution < -0.4 is 0 Å². The van der Waals surface area contributed by atoms with Crippen molar-refractivity contribution >= 4 is 34.0 Å². The summed E-state index contributed by atoms with van der Waals surface area (Å²) in [6.07, 6.45) is 2.85. The first kappa shape index (κ1) is 17.9. The zero-order valence-electron chi connectivity index (χ0n) is 15.5. The van der Waals surface area contributed by atoms with E-state index in [1.165, 1.54) is 5.56 Å². The molecule has 1 heterocycles. The number of benzene rings is 3. The van der Waals surface area contributed by atoms with Crippen molar-refractivity contribution in [1.82, 2.24) is 0 Å². The molecule has 0 atom stereocenters. The molecule has 1 nitrogen and oxygen atoms in total. The fourth-order valence-corrected chi connectivity index (χ4v) is 3.86. The third-order valence-corrected chi connectivity index (χ3v) is 5.41. The smallest absolute Gasteiger partial charge is 0.198 e. The van der Waals surface area contributed by atoms with Gasteiger partial charge in [0.1, 0.15) is 0 Å². The summed E-state index contributed by atoms with van der Waals surface area (Å²) in [5.74, 6) is -0.307. The van der Waals surface area contributed by atoms with Crippen LogP contribution in [-0.4, -0.2) is 0 Å². The summed E-state index contributed by atoms with van der Waals surface area (Å²) < 4.78 is 20.7. The monoisotopic (exact) mass is 376 g/mol. The SMILES string of the molecule is CCCc1ccc(-c2ccc3c(c2)c(=S)oc2c(F)c(CC)ccc23)cc1. The van der Waals surface area contributed by atoms with Gasteiger partial charge < -0.3 is 4.42 Å². The van der Waals surface area contributed by atoms with Crippen molar-refractivity contribution in [3.63, 3.8) is 0 Å². The second-order valence-corrected chi connectivity index (χ2v) is 7.24. The van der Waals surface area contributed by atoms with E-state index >= 15 is 0 Å². The largest absolute Gasteiger partial charge is 0.441 e. The average Bonchev–Trinajstić information content (AvgIpc) is 2.70. The maximum atomic E-state index is 14.7. The molecule has 3 heteroatoms. The predicted molar refractivity (Wildman–Crippen MR) is 113 cm³/mol. The van der Waals surface area contributed by atoms with E-state index in [9.17, 15) is 4.39 Å². The van der Waals surface area contributed by atoms with Gasteiger partial charge in [-0.1, -0.05) is 68.8 Å². The predicted octanol–water partition coefficient (Wildman–Crippen LogP) is 7.64. The molecule has 0 spiro atoms. The molecule has 0 aliphatic heterocycles. The minimum Gasteiger partial charge on any atom is -0.441 e. The number of hydrogen-bond donors (Lipinski definition) is 0. The van der Waals surface area contributed by atoms with Gasteiger partial charge >= 0.3 is 0 Å². The average molecular weight is 376 g/mol. The van der Waals surface area contributed by atoms with Gasteiger partial charge in [0.15, 0.2) is 16.1 Å². The van der Waals surface area contributed by atoms with E-state index in [0.29, 0.717) is 16.7 Å². The van der Waals surface area contributed by atoms with Crippen molar-refractivity contribution in [2.75, 3.05) is 0 Å². The third-order valence-electron chi connectivity index (χ3n) is 5.11. The molecule has 0 amide bonds. The molecule has 0 aliphatic rings. The molecule has 136 valence electrons. The van der Waals surface area contributed by atoms with Gasteiger partial charge in [-0.05, 0) is 58.8 Å². The molecule has 0 N–H and O–H groups in total. The van der Waals surface area contributed by atoms with Crippen LogP contribution in [0.4, 0.5) is 4.39 Å². The summed E-state index contributed by atoms with van der Waals surface area (Å²) in [4.78, 5) is 0. The minimum absolute atomic E-state index is 0.253. The fraction of sp³-hybridized carbons (Fsp3) is 0.208. The first-order chi connectivity index (χ1) is 13.1. The summed E-state index contributed by atoms with van der Waals surface area (Å²) in [5, 5.41) is 2.53. The van der Waals surface area contributed by atoms with E-state index in [0.717, 1.165) is 40.1 Å². The lowest BCUT2D eigenvalue weighted by atomic mass is 9.98. The number of halogens is 1. The van der Waals surface area contributed by atoms with Crippen LogP contribution >= 0.6 is 12.2 Å². The number of rotatable bonds is 4. The normalized spacial score (nSPS) is 11.4. The Morgan fingerprint density at radius 1 is 0.852 bits per heavy atom. The first-order valence-electron chi connectivity index (χ1n) is 9.39. The Labute approximate surface area is 163 Å². The maximum Gasteiger partial charge on any atom is 0.198 e.